The second-order valence-electron chi connectivity index (χ2n) is 4.06. The molecule has 2 rings (SSSR count). The topological polar surface area (TPSA) is 39.2 Å². The number of carbonyl (C=O) groups is 1. The molecule has 1 aromatic carbocycles. The molecule has 0 spiro atoms. The molecule has 0 N–H and O–H groups in total. The van der Waals surface area contributed by atoms with Gasteiger partial charge in [-0.1, -0.05) is 18.2 Å². The molecule has 0 saturated carbocycles. The smallest absolute Gasteiger partial charge is 0.406 e. The van der Waals surface area contributed by atoms with Crippen LogP contribution in [0.2, 0.25) is 0 Å². The zero-order chi connectivity index (χ0) is 14.8. The van der Waals surface area contributed by atoms with Gasteiger partial charge in [-0.15, -0.1) is 13.2 Å². The van der Waals surface area contributed by atoms with Crippen LogP contribution in [0, 0.1) is 0 Å². The van der Waals surface area contributed by atoms with Crippen LogP contribution >= 0.6 is 0 Å². The maximum Gasteiger partial charge on any atom is 0.573 e. The SMILES string of the molecule is CC(=O)c1ccc(-c2ccc(OC(F)(F)F)cc2)cn1. The summed E-state index contributed by atoms with van der Waals surface area (Å²) in [5.41, 5.74) is 1.72. The number of hydrogen-bond donors (Lipinski definition) is 0. The van der Waals surface area contributed by atoms with Crippen molar-refractivity contribution in [1.82, 2.24) is 4.98 Å². The highest BCUT2D eigenvalue weighted by atomic mass is 19.4. The number of carbonyl (C=O) groups excluding carboxylic acids is 1. The number of alkyl halides is 3. The predicted molar refractivity (Wildman–Crippen MR) is 66.4 cm³/mol. The summed E-state index contributed by atoms with van der Waals surface area (Å²) in [6.45, 7) is 1.41. The van der Waals surface area contributed by atoms with Crippen LogP contribution < -0.4 is 4.74 Å². The first-order valence-corrected chi connectivity index (χ1v) is 5.68. The van der Waals surface area contributed by atoms with Crippen molar-refractivity contribution < 1.29 is 22.7 Å². The molecule has 0 fully saturated rings. The van der Waals surface area contributed by atoms with E-state index in [1.807, 2.05) is 0 Å². The lowest BCUT2D eigenvalue weighted by Crippen LogP contribution is -2.16. The van der Waals surface area contributed by atoms with E-state index in [0.29, 0.717) is 16.8 Å². The van der Waals surface area contributed by atoms with Gasteiger partial charge in [0, 0.05) is 18.7 Å². The van der Waals surface area contributed by atoms with Crippen molar-refractivity contribution >= 4 is 5.78 Å². The Balaban J connectivity index is 2.19. The first-order valence-electron chi connectivity index (χ1n) is 5.68. The molecule has 0 amide bonds. The minimum absolute atomic E-state index is 0.148. The molecule has 1 heterocycles. The summed E-state index contributed by atoms with van der Waals surface area (Å²) in [4.78, 5) is 15.1. The molecule has 0 aliphatic rings. The number of aromatic nitrogens is 1. The Labute approximate surface area is 113 Å². The fourth-order valence-corrected chi connectivity index (χ4v) is 1.62. The molecular formula is C14H10F3NO2. The van der Waals surface area contributed by atoms with Gasteiger partial charge in [0.1, 0.15) is 11.4 Å². The van der Waals surface area contributed by atoms with Crippen LogP contribution in [0.3, 0.4) is 0 Å². The monoisotopic (exact) mass is 281 g/mol. The minimum atomic E-state index is -4.70. The summed E-state index contributed by atoms with van der Waals surface area (Å²) in [5.74, 6) is -0.431. The second kappa shape index (κ2) is 5.32. The van der Waals surface area contributed by atoms with Crippen molar-refractivity contribution in [2.75, 3.05) is 0 Å². The quantitative estimate of drug-likeness (QED) is 0.802. The highest BCUT2D eigenvalue weighted by Gasteiger charge is 2.30. The maximum atomic E-state index is 12.0. The van der Waals surface area contributed by atoms with Crippen molar-refractivity contribution in [3.8, 4) is 16.9 Å². The van der Waals surface area contributed by atoms with Crippen LogP contribution in [-0.2, 0) is 0 Å². The number of hydrogen-bond acceptors (Lipinski definition) is 3. The Kier molecular flexibility index (Phi) is 3.74. The third kappa shape index (κ3) is 3.57. The van der Waals surface area contributed by atoms with E-state index in [1.54, 1.807) is 12.1 Å². The molecule has 3 nitrogen and oxygen atoms in total. The Hall–Kier alpha value is -2.37. The fourth-order valence-electron chi connectivity index (χ4n) is 1.62. The van der Waals surface area contributed by atoms with Gasteiger partial charge in [0.15, 0.2) is 5.78 Å². The van der Waals surface area contributed by atoms with Crippen LogP contribution in [-0.4, -0.2) is 17.1 Å². The maximum absolute atomic E-state index is 12.0. The summed E-state index contributed by atoms with van der Waals surface area (Å²) in [6.07, 6.45) is -3.21. The van der Waals surface area contributed by atoms with Gasteiger partial charge in [-0.2, -0.15) is 0 Å². The standard InChI is InChI=1S/C14H10F3NO2/c1-9(19)13-7-4-11(8-18-13)10-2-5-12(6-3-10)20-14(15,16)17/h2-8H,1H3. The number of halogens is 3. The lowest BCUT2D eigenvalue weighted by atomic mass is 10.1. The van der Waals surface area contributed by atoms with E-state index in [2.05, 4.69) is 9.72 Å². The second-order valence-corrected chi connectivity index (χ2v) is 4.06. The average molecular weight is 281 g/mol. The number of ketones is 1. The molecule has 0 bridgehead atoms. The average Bonchev–Trinajstić information content (AvgIpc) is 2.38. The molecule has 0 aliphatic carbocycles. The molecule has 0 unspecified atom stereocenters. The Morgan fingerprint density at radius 1 is 1.05 bits per heavy atom. The van der Waals surface area contributed by atoms with E-state index < -0.39 is 6.36 Å². The van der Waals surface area contributed by atoms with E-state index in [9.17, 15) is 18.0 Å². The number of Topliss-reactive ketones (excluding diaryl/α,β-unsaturated/α-hetero) is 1. The number of nitrogens with zero attached hydrogens (tertiary/aromatic N) is 1. The highest BCUT2D eigenvalue weighted by molar-refractivity contribution is 5.92. The molecule has 6 heteroatoms. The van der Waals surface area contributed by atoms with Gasteiger partial charge < -0.3 is 4.74 Å². The van der Waals surface area contributed by atoms with Crippen LogP contribution in [0.1, 0.15) is 17.4 Å². The van der Waals surface area contributed by atoms with Gasteiger partial charge >= 0.3 is 6.36 Å². The van der Waals surface area contributed by atoms with E-state index in [1.165, 1.54) is 37.4 Å². The van der Waals surface area contributed by atoms with Gasteiger partial charge in [-0.05, 0) is 23.8 Å². The summed E-state index contributed by atoms with van der Waals surface area (Å²) in [7, 11) is 0. The van der Waals surface area contributed by atoms with Crippen molar-refractivity contribution in [3.63, 3.8) is 0 Å². The molecule has 104 valence electrons. The third-order valence-electron chi connectivity index (χ3n) is 2.55. The molecule has 2 aromatic rings. The van der Waals surface area contributed by atoms with Crippen LogP contribution in [0.25, 0.3) is 11.1 Å². The van der Waals surface area contributed by atoms with Crippen molar-refractivity contribution in [2.45, 2.75) is 13.3 Å². The van der Waals surface area contributed by atoms with E-state index in [0.717, 1.165) is 0 Å². The third-order valence-corrected chi connectivity index (χ3v) is 2.55. The number of pyridine rings is 1. The molecule has 0 aliphatic heterocycles. The fraction of sp³-hybridized carbons (Fsp3) is 0.143. The Morgan fingerprint density at radius 2 is 1.65 bits per heavy atom. The van der Waals surface area contributed by atoms with E-state index in [4.69, 9.17) is 0 Å². The number of rotatable bonds is 3. The first-order chi connectivity index (χ1) is 9.35. The van der Waals surface area contributed by atoms with Crippen LogP contribution in [0.5, 0.6) is 5.75 Å². The predicted octanol–water partition coefficient (Wildman–Crippen LogP) is 3.85. The molecular weight excluding hydrogens is 271 g/mol. The van der Waals surface area contributed by atoms with Gasteiger partial charge in [-0.3, -0.25) is 9.78 Å². The molecule has 0 atom stereocenters. The molecule has 0 saturated heterocycles. The van der Waals surface area contributed by atoms with Crippen molar-refractivity contribution in [1.29, 1.82) is 0 Å². The normalized spacial score (nSPS) is 11.2. The van der Waals surface area contributed by atoms with Crippen molar-refractivity contribution in [3.05, 3.63) is 48.3 Å². The zero-order valence-electron chi connectivity index (χ0n) is 10.4. The lowest BCUT2D eigenvalue weighted by molar-refractivity contribution is -0.274. The Morgan fingerprint density at radius 3 is 2.10 bits per heavy atom. The summed E-state index contributed by atoms with van der Waals surface area (Å²) >= 11 is 0. The Bertz CT molecular complexity index is 604. The molecule has 0 radical (unpaired) electrons. The minimum Gasteiger partial charge on any atom is -0.406 e. The summed E-state index contributed by atoms with van der Waals surface area (Å²) in [5, 5.41) is 0. The highest BCUT2D eigenvalue weighted by Crippen LogP contribution is 2.26. The molecule has 1 aromatic heterocycles. The van der Waals surface area contributed by atoms with Gasteiger partial charge in [0.2, 0.25) is 0 Å². The largest absolute Gasteiger partial charge is 0.573 e. The van der Waals surface area contributed by atoms with E-state index >= 15 is 0 Å². The number of benzene rings is 1. The summed E-state index contributed by atoms with van der Waals surface area (Å²) < 4.78 is 39.8. The van der Waals surface area contributed by atoms with Gasteiger partial charge in [0.05, 0.1) is 0 Å². The lowest BCUT2D eigenvalue weighted by Gasteiger charge is -2.09. The zero-order valence-corrected chi connectivity index (χ0v) is 10.4. The van der Waals surface area contributed by atoms with Crippen LogP contribution in [0.4, 0.5) is 13.2 Å². The first kappa shape index (κ1) is 14.0. The van der Waals surface area contributed by atoms with Crippen molar-refractivity contribution in [2.24, 2.45) is 0 Å². The van der Waals surface area contributed by atoms with E-state index in [-0.39, 0.29) is 11.5 Å². The molecule has 20 heavy (non-hydrogen) atoms. The van der Waals surface area contributed by atoms with Gasteiger partial charge in [0.25, 0.3) is 0 Å². The number of ether oxygens (including phenoxy) is 1. The van der Waals surface area contributed by atoms with Gasteiger partial charge in [-0.25, -0.2) is 0 Å². The van der Waals surface area contributed by atoms with Crippen LogP contribution in [0.15, 0.2) is 42.6 Å². The summed E-state index contributed by atoms with van der Waals surface area (Å²) in [6, 6.07) is 8.68.